The molecule has 0 saturated heterocycles. The van der Waals surface area contributed by atoms with E-state index in [9.17, 15) is 4.79 Å². The summed E-state index contributed by atoms with van der Waals surface area (Å²) in [5.41, 5.74) is 6.05. The molecule has 2 rings (SSSR count). The van der Waals surface area contributed by atoms with Crippen molar-refractivity contribution >= 4 is 23.5 Å². The lowest BCUT2D eigenvalue weighted by molar-refractivity contribution is 0.0526. The zero-order valence-electron chi connectivity index (χ0n) is 10.5. The van der Waals surface area contributed by atoms with Crippen molar-refractivity contribution in [1.29, 1.82) is 0 Å². The highest BCUT2D eigenvalue weighted by Crippen LogP contribution is 2.15. The molecule has 19 heavy (non-hydrogen) atoms. The quantitative estimate of drug-likeness (QED) is 0.509. The van der Waals surface area contributed by atoms with Crippen LogP contribution in [0.3, 0.4) is 0 Å². The van der Waals surface area contributed by atoms with Crippen molar-refractivity contribution in [3.63, 3.8) is 0 Å². The van der Waals surface area contributed by atoms with E-state index in [0.29, 0.717) is 29.0 Å². The predicted molar refractivity (Wildman–Crippen MR) is 71.3 cm³/mol. The summed E-state index contributed by atoms with van der Waals surface area (Å²) in [7, 11) is 0. The van der Waals surface area contributed by atoms with Gasteiger partial charge in [0.1, 0.15) is 5.82 Å². The largest absolute Gasteiger partial charge is 0.462 e. The topological polar surface area (TPSA) is 95.9 Å². The van der Waals surface area contributed by atoms with Gasteiger partial charge < -0.3 is 10.5 Å². The second-order valence-electron chi connectivity index (χ2n) is 3.53. The van der Waals surface area contributed by atoms with Gasteiger partial charge in [0, 0.05) is 12.3 Å². The Morgan fingerprint density at radius 1 is 1.53 bits per heavy atom. The molecule has 2 aromatic rings. The molecule has 2 aromatic heterocycles. The van der Waals surface area contributed by atoms with E-state index in [4.69, 9.17) is 10.5 Å². The third kappa shape index (κ3) is 3.02. The first-order valence-corrected chi connectivity index (χ1v) is 6.77. The number of rotatable bonds is 4. The number of carbonyl (C=O) groups excluding carboxylic acids is 1. The first-order chi connectivity index (χ1) is 9.13. The molecule has 0 aromatic carbocycles. The molecule has 2 heterocycles. The van der Waals surface area contributed by atoms with Crippen LogP contribution in [0.25, 0.3) is 5.82 Å². The maximum absolute atomic E-state index is 11.5. The molecule has 2 N–H and O–H groups in total. The maximum Gasteiger partial charge on any atom is 0.341 e. The van der Waals surface area contributed by atoms with E-state index in [2.05, 4.69) is 15.1 Å². The molecule has 8 heteroatoms. The fourth-order valence-electron chi connectivity index (χ4n) is 1.41. The van der Waals surface area contributed by atoms with Crippen molar-refractivity contribution in [3.05, 3.63) is 24.0 Å². The average Bonchev–Trinajstić information content (AvgIpc) is 2.88. The summed E-state index contributed by atoms with van der Waals surface area (Å²) in [4.78, 5) is 19.8. The molecule has 0 fully saturated rings. The standard InChI is InChI=1S/C11H13N5O2S/c1-3-18-10(17)7-5-13-16(6-7)9-4-8(12)14-11(15-9)19-2/h4-6H,3H2,1-2H3,(H2,12,14,15). The zero-order chi connectivity index (χ0) is 13.8. The highest BCUT2D eigenvalue weighted by Gasteiger charge is 2.11. The molecule has 0 aliphatic rings. The van der Waals surface area contributed by atoms with Crippen LogP contribution in [0.1, 0.15) is 17.3 Å². The number of ether oxygens (including phenoxy) is 1. The van der Waals surface area contributed by atoms with Gasteiger partial charge in [-0.1, -0.05) is 11.8 Å². The minimum Gasteiger partial charge on any atom is -0.462 e. The normalized spacial score (nSPS) is 10.4. The lowest BCUT2D eigenvalue weighted by Gasteiger charge is -2.03. The first kappa shape index (κ1) is 13.3. The summed E-state index contributed by atoms with van der Waals surface area (Å²) in [5.74, 6) is 0.441. The van der Waals surface area contributed by atoms with E-state index in [1.54, 1.807) is 19.2 Å². The van der Waals surface area contributed by atoms with E-state index in [-0.39, 0.29) is 0 Å². The van der Waals surface area contributed by atoms with E-state index in [0.717, 1.165) is 0 Å². The summed E-state index contributed by atoms with van der Waals surface area (Å²) >= 11 is 1.38. The Hall–Kier alpha value is -2.09. The molecular weight excluding hydrogens is 266 g/mol. The average molecular weight is 279 g/mol. The number of hydrogen-bond acceptors (Lipinski definition) is 7. The molecule has 0 saturated carbocycles. The zero-order valence-corrected chi connectivity index (χ0v) is 11.3. The Bertz CT molecular complexity index is 599. The summed E-state index contributed by atoms with van der Waals surface area (Å²) in [6.45, 7) is 2.07. The van der Waals surface area contributed by atoms with Crippen LogP contribution in [0.2, 0.25) is 0 Å². The molecular formula is C11H13N5O2S. The van der Waals surface area contributed by atoms with Crippen molar-refractivity contribution in [2.45, 2.75) is 12.1 Å². The van der Waals surface area contributed by atoms with Crippen molar-refractivity contribution in [1.82, 2.24) is 19.7 Å². The van der Waals surface area contributed by atoms with Gasteiger partial charge in [-0.25, -0.2) is 19.4 Å². The number of nitrogen functional groups attached to an aromatic ring is 1. The van der Waals surface area contributed by atoms with Gasteiger partial charge in [0.05, 0.1) is 18.4 Å². The van der Waals surface area contributed by atoms with Gasteiger partial charge in [0.15, 0.2) is 11.0 Å². The minimum absolute atomic E-state index is 0.321. The van der Waals surface area contributed by atoms with E-state index >= 15 is 0 Å². The fourth-order valence-corrected chi connectivity index (χ4v) is 1.79. The van der Waals surface area contributed by atoms with Gasteiger partial charge in [-0.15, -0.1) is 0 Å². The van der Waals surface area contributed by atoms with Crippen LogP contribution < -0.4 is 5.73 Å². The summed E-state index contributed by atoms with van der Waals surface area (Å²) in [5, 5.41) is 4.61. The molecule has 0 spiro atoms. The van der Waals surface area contributed by atoms with E-state index in [1.165, 1.54) is 22.6 Å². The summed E-state index contributed by atoms with van der Waals surface area (Å²) in [6.07, 6.45) is 4.82. The lowest BCUT2D eigenvalue weighted by Crippen LogP contribution is -2.04. The van der Waals surface area contributed by atoms with Crippen molar-refractivity contribution in [3.8, 4) is 5.82 Å². The highest BCUT2D eigenvalue weighted by atomic mass is 32.2. The van der Waals surface area contributed by atoms with Gasteiger partial charge in [0.2, 0.25) is 0 Å². The Morgan fingerprint density at radius 2 is 2.32 bits per heavy atom. The summed E-state index contributed by atoms with van der Waals surface area (Å²) < 4.78 is 6.35. The van der Waals surface area contributed by atoms with Crippen LogP contribution in [0, 0.1) is 0 Å². The van der Waals surface area contributed by atoms with Gasteiger partial charge in [0.25, 0.3) is 0 Å². The van der Waals surface area contributed by atoms with Crippen molar-refractivity contribution < 1.29 is 9.53 Å². The SMILES string of the molecule is CCOC(=O)c1cnn(-c2cc(N)nc(SC)n2)c1. The number of nitrogens with two attached hydrogens (primary N) is 1. The minimum atomic E-state index is -0.416. The molecule has 0 bridgehead atoms. The van der Waals surface area contributed by atoms with Crippen LogP contribution in [0.15, 0.2) is 23.6 Å². The fraction of sp³-hybridized carbons (Fsp3) is 0.273. The molecule has 0 radical (unpaired) electrons. The van der Waals surface area contributed by atoms with E-state index < -0.39 is 5.97 Å². The van der Waals surface area contributed by atoms with E-state index in [1.807, 2.05) is 6.26 Å². The third-order valence-electron chi connectivity index (χ3n) is 2.22. The van der Waals surface area contributed by atoms with Crippen molar-refractivity contribution in [2.24, 2.45) is 0 Å². The molecule has 0 unspecified atom stereocenters. The van der Waals surface area contributed by atoms with Crippen LogP contribution in [0.5, 0.6) is 0 Å². The molecule has 0 aliphatic carbocycles. The monoisotopic (exact) mass is 279 g/mol. The molecule has 0 aliphatic heterocycles. The van der Waals surface area contributed by atoms with Gasteiger partial charge in [-0.2, -0.15) is 5.10 Å². The number of carbonyl (C=O) groups is 1. The third-order valence-corrected chi connectivity index (χ3v) is 2.77. The van der Waals surface area contributed by atoms with Gasteiger partial charge in [-0.3, -0.25) is 0 Å². The first-order valence-electron chi connectivity index (χ1n) is 5.54. The van der Waals surface area contributed by atoms with Crippen LogP contribution in [-0.2, 0) is 4.74 Å². The molecule has 0 atom stereocenters. The van der Waals surface area contributed by atoms with Crippen LogP contribution >= 0.6 is 11.8 Å². The number of esters is 1. The van der Waals surface area contributed by atoms with Gasteiger partial charge in [-0.05, 0) is 13.2 Å². The lowest BCUT2D eigenvalue weighted by atomic mass is 10.4. The number of thioether (sulfide) groups is 1. The Morgan fingerprint density at radius 3 is 3.00 bits per heavy atom. The van der Waals surface area contributed by atoms with Crippen molar-refractivity contribution in [2.75, 3.05) is 18.6 Å². The Balaban J connectivity index is 2.32. The predicted octanol–water partition coefficient (Wildman–Crippen LogP) is 1.14. The summed E-state index contributed by atoms with van der Waals surface area (Å²) in [6, 6.07) is 1.58. The second kappa shape index (κ2) is 5.70. The Kier molecular flexibility index (Phi) is 4.00. The van der Waals surface area contributed by atoms with Crippen LogP contribution in [0.4, 0.5) is 5.82 Å². The number of nitrogens with zero attached hydrogens (tertiary/aromatic N) is 4. The second-order valence-corrected chi connectivity index (χ2v) is 4.31. The maximum atomic E-state index is 11.5. The van der Waals surface area contributed by atoms with Gasteiger partial charge >= 0.3 is 5.97 Å². The number of anilines is 1. The smallest absolute Gasteiger partial charge is 0.341 e. The molecule has 100 valence electrons. The highest BCUT2D eigenvalue weighted by molar-refractivity contribution is 7.98. The number of hydrogen-bond donors (Lipinski definition) is 1. The van der Waals surface area contributed by atoms with Crippen LogP contribution in [-0.4, -0.2) is 38.6 Å². The number of aromatic nitrogens is 4. The molecule has 0 amide bonds. The Labute approximate surface area is 114 Å². The molecule has 7 nitrogen and oxygen atoms in total.